The van der Waals surface area contributed by atoms with Crippen LogP contribution in [-0.4, -0.2) is 96.1 Å². The van der Waals surface area contributed by atoms with Gasteiger partial charge in [-0.1, -0.05) is 54.5 Å². The molecule has 6 atom stereocenters. The molecule has 5 amide bonds. The van der Waals surface area contributed by atoms with Crippen LogP contribution in [0.1, 0.15) is 94.1 Å². The van der Waals surface area contributed by atoms with Gasteiger partial charge in [0.05, 0.1) is 17.9 Å². The van der Waals surface area contributed by atoms with Gasteiger partial charge in [-0.2, -0.15) is 0 Å². The van der Waals surface area contributed by atoms with Gasteiger partial charge < -0.3 is 36.4 Å². The molecule has 0 aromatic carbocycles. The molecular weight excluding hydrogens is 692 g/mol. The minimum Gasteiger partial charge on any atom is -0.444 e. The molecule has 6 N–H and O–H groups in total. The van der Waals surface area contributed by atoms with E-state index in [0.717, 1.165) is 11.8 Å². The number of nitrogens with zero attached hydrogens (tertiary/aromatic N) is 1. The Bertz CT molecular complexity index is 1430. The highest BCUT2D eigenvalue weighted by atomic mass is 32.2. The maximum Gasteiger partial charge on any atom is 0.408 e. The van der Waals surface area contributed by atoms with Gasteiger partial charge in [0.25, 0.3) is 0 Å². The fourth-order valence-corrected chi connectivity index (χ4v) is 5.86. The summed E-state index contributed by atoms with van der Waals surface area (Å²) in [7, 11) is -3.54. The van der Waals surface area contributed by atoms with Gasteiger partial charge in [0.1, 0.15) is 33.6 Å². The van der Waals surface area contributed by atoms with Crippen LogP contribution < -0.4 is 26.6 Å². The average molecular weight is 755 g/mol. The van der Waals surface area contributed by atoms with Crippen molar-refractivity contribution in [3.8, 4) is 0 Å². The first kappa shape index (κ1) is 46.2. The Hall–Kier alpha value is -3.79. The number of aliphatic hydroxyl groups is 1. The van der Waals surface area contributed by atoms with Gasteiger partial charge in [0, 0.05) is 31.1 Å². The van der Waals surface area contributed by atoms with E-state index in [1.54, 1.807) is 73.8 Å². The third kappa shape index (κ3) is 18.1. The van der Waals surface area contributed by atoms with Crippen molar-refractivity contribution in [3.05, 3.63) is 30.1 Å². The number of nitrogens with one attached hydrogen (secondary N) is 5. The van der Waals surface area contributed by atoms with Gasteiger partial charge in [-0.05, 0) is 69.4 Å². The van der Waals surface area contributed by atoms with Crippen molar-refractivity contribution in [1.29, 1.82) is 0 Å². The van der Waals surface area contributed by atoms with Gasteiger partial charge in [-0.15, -0.1) is 0 Å². The molecule has 0 spiro atoms. The van der Waals surface area contributed by atoms with Crippen molar-refractivity contribution in [3.63, 3.8) is 0 Å². The molecule has 296 valence electrons. The number of amides is 5. The van der Waals surface area contributed by atoms with Gasteiger partial charge in [-0.3, -0.25) is 24.2 Å². The molecule has 0 fully saturated rings. The zero-order valence-electron chi connectivity index (χ0n) is 32.6. The average Bonchev–Trinajstić information content (AvgIpc) is 3.01. The molecule has 1 rings (SSSR count). The van der Waals surface area contributed by atoms with E-state index in [-0.39, 0.29) is 37.1 Å². The summed E-state index contributed by atoms with van der Waals surface area (Å²) in [5.41, 5.74) is -0.0229. The molecule has 0 saturated heterocycles. The third-order valence-electron chi connectivity index (χ3n) is 8.03. The highest BCUT2D eigenvalue weighted by Gasteiger charge is 2.34. The fourth-order valence-electron chi connectivity index (χ4n) is 5.20. The first-order valence-electron chi connectivity index (χ1n) is 17.8. The number of aromatic nitrogens is 1. The highest BCUT2D eigenvalue weighted by Crippen LogP contribution is 2.17. The van der Waals surface area contributed by atoms with Crippen LogP contribution in [0, 0.1) is 23.7 Å². The Balaban J connectivity index is 3.10. The summed E-state index contributed by atoms with van der Waals surface area (Å²) in [4.78, 5) is 69.9. The molecule has 0 bridgehead atoms. The van der Waals surface area contributed by atoms with E-state index >= 15 is 0 Å². The van der Waals surface area contributed by atoms with E-state index in [0.29, 0.717) is 6.42 Å². The van der Waals surface area contributed by atoms with Crippen LogP contribution in [0.3, 0.4) is 0 Å². The molecule has 0 aliphatic rings. The molecule has 15 nitrogen and oxygen atoms in total. The second-order valence-corrected chi connectivity index (χ2v) is 17.9. The number of carbonyl (C=O) groups is 5. The number of aliphatic hydroxyl groups excluding tert-OH is 1. The fraction of sp³-hybridized carbons (Fsp3) is 0.722. The minimum absolute atomic E-state index is 0.00896. The van der Waals surface area contributed by atoms with Crippen molar-refractivity contribution in [2.75, 3.05) is 12.0 Å². The lowest BCUT2D eigenvalue weighted by molar-refractivity contribution is -0.133. The first-order valence-corrected chi connectivity index (χ1v) is 19.9. The Morgan fingerprint density at radius 2 is 1.42 bits per heavy atom. The number of sulfone groups is 1. The summed E-state index contributed by atoms with van der Waals surface area (Å²) in [6.07, 6.45) is 2.19. The largest absolute Gasteiger partial charge is 0.444 e. The topological polar surface area (TPSA) is 222 Å². The number of rotatable bonds is 20. The molecule has 52 heavy (non-hydrogen) atoms. The molecule has 0 aliphatic carbocycles. The Labute approximate surface area is 309 Å². The minimum atomic E-state index is -3.54. The second-order valence-electron chi connectivity index (χ2n) is 15.6. The number of pyridine rings is 1. The number of carbonyl (C=O) groups excluding carboxylic acids is 5. The number of hydrogen-bond donors (Lipinski definition) is 6. The quantitative estimate of drug-likeness (QED) is 0.114. The summed E-state index contributed by atoms with van der Waals surface area (Å²) in [5.74, 6) is -4.13. The molecule has 1 heterocycles. The van der Waals surface area contributed by atoms with Crippen LogP contribution in [0.4, 0.5) is 4.79 Å². The molecule has 0 saturated carbocycles. The molecule has 1 aromatic heterocycles. The van der Waals surface area contributed by atoms with Crippen molar-refractivity contribution in [1.82, 2.24) is 31.6 Å². The number of hydrogen-bond acceptors (Lipinski definition) is 10. The predicted molar refractivity (Wildman–Crippen MR) is 198 cm³/mol. The molecule has 0 aliphatic heterocycles. The van der Waals surface area contributed by atoms with Gasteiger partial charge >= 0.3 is 6.09 Å². The Kier molecular flexibility index (Phi) is 18.7. The lowest BCUT2D eigenvalue weighted by Gasteiger charge is -2.31. The number of alkyl carbamates (subject to hydrolysis) is 1. The normalized spacial score (nSPS) is 15.5. The summed E-state index contributed by atoms with van der Waals surface area (Å²) in [6, 6.07) is -0.569. The highest BCUT2D eigenvalue weighted by molar-refractivity contribution is 7.90. The van der Waals surface area contributed by atoms with Crippen LogP contribution in [-0.2, 0) is 40.3 Å². The van der Waals surface area contributed by atoms with Gasteiger partial charge in [-0.25, -0.2) is 13.2 Å². The number of ether oxygens (including phenoxy) is 1. The second kappa shape index (κ2) is 21.0. The van der Waals surface area contributed by atoms with E-state index in [1.165, 1.54) is 0 Å². The molecule has 1 aromatic rings. The van der Waals surface area contributed by atoms with E-state index in [2.05, 4.69) is 31.6 Å². The Morgan fingerprint density at radius 1 is 0.827 bits per heavy atom. The van der Waals surface area contributed by atoms with Crippen LogP contribution in [0.5, 0.6) is 0 Å². The maximum absolute atomic E-state index is 13.7. The van der Waals surface area contributed by atoms with Crippen molar-refractivity contribution < 1.29 is 42.2 Å². The zero-order chi connectivity index (χ0) is 40.0. The van der Waals surface area contributed by atoms with E-state index in [4.69, 9.17) is 4.74 Å². The lowest BCUT2D eigenvalue weighted by atomic mass is 9.91. The zero-order valence-corrected chi connectivity index (χ0v) is 33.4. The van der Waals surface area contributed by atoms with Crippen molar-refractivity contribution in [2.24, 2.45) is 23.7 Å². The van der Waals surface area contributed by atoms with E-state index in [9.17, 15) is 37.5 Å². The SMILES string of the molecule is CC(C)C[C@H](NC(=O)[C@H](CCS(C)(=O)=O)NC(=O)[C@@H](NC(=O)OC(C)(C)C)C(C)C)[C@@H](O)C[C@@H](C)C(=O)N[C@H](C(=O)NCc1cccnc1)C(C)C. The standard InChI is InChI=1S/C36H62N6O9S/c1-21(2)17-27(28(43)18-24(7)31(44)41-29(22(3)4)33(46)38-20-25-13-12-15-37-19-25)40-32(45)26(14-16-52(11,49)50)39-34(47)30(23(5)6)42-35(48)51-36(8,9)10/h12-13,15,19,21-24,26-30,43H,14,16-18,20H2,1-11H3,(H,38,46)(H,39,47)(H,40,45)(H,41,44)(H,42,48)/t24-,26+,27+,28+,29+,30+/m1/s1. The summed E-state index contributed by atoms with van der Waals surface area (Å²) in [5, 5.41) is 24.8. The van der Waals surface area contributed by atoms with Gasteiger partial charge in [0.2, 0.25) is 23.6 Å². The van der Waals surface area contributed by atoms with Crippen LogP contribution in [0.2, 0.25) is 0 Å². The molecule has 0 radical (unpaired) electrons. The van der Waals surface area contributed by atoms with E-state index in [1.807, 2.05) is 19.9 Å². The van der Waals surface area contributed by atoms with Crippen LogP contribution in [0.25, 0.3) is 0 Å². The summed E-state index contributed by atoms with van der Waals surface area (Å²) >= 11 is 0. The summed E-state index contributed by atoms with van der Waals surface area (Å²) in [6.45, 7) is 17.6. The van der Waals surface area contributed by atoms with Crippen molar-refractivity contribution >= 4 is 39.6 Å². The lowest BCUT2D eigenvalue weighted by Crippen LogP contribution is -2.58. The van der Waals surface area contributed by atoms with E-state index < -0.39 is 87.1 Å². The monoisotopic (exact) mass is 754 g/mol. The first-order chi connectivity index (χ1) is 23.9. The predicted octanol–water partition coefficient (Wildman–Crippen LogP) is 2.23. The third-order valence-corrected chi connectivity index (χ3v) is 9.01. The maximum atomic E-state index is 13.7. The molecule has 0 unspecified atom stereocenters. The van der Waals surface area contributed by atoms with Crippen molar-refractivity contribution in [2.45, 2.75) is 131 Å². The summed E-state index contributed by atoms with van der Waals surface area (Å²) < 4.78 is 29.4. The van der Waals surface area contributed by atoms with Crippen LogP contribution in [0.15, 0.2) is 24.5 Å². The van der Waals surface area contributed by atoms with Gasteiger partial charge in [0.15, 0.2) is 0 Å². The Morgan fingerprint density at radius 3 is 1.92 bits per heavy atom. The molecule has 16 heteroatoms. The smallest absolute Gasteiger partial charge is 0.408 e. The van der Waals surface area contributed by atoms with Crippen LogP contribution >= 0.6 is 0 Å². The molecular formula is C36H62N6O9S.